The summed E-state index contributed by atoms with van der Waals surface area (Å²) in [6, 6.07) is 10.3. The predicted molar refractivity (Wildman–Crippen MR) is 80.3 cm³/mol. The van der Waals surface area contributed by atoms with E-state index in [0.29, 0.717) is 5.69 Å². The number of hydrogen-bond donors (Lipinski definition) is 1. The average Bonchev–Trinajstić information content (AvgIpc) is 2.97. The molecule has 2 aromatic rings. The Kier molecular flexibility index (Phi) is 3.78. The number of nitrogens with one attached hydrogen (secondary N) is 1. The van der Waals surface area contributed by atoms with Crippen LogP contribution in [0.1, 0.15) is 53.6 Å². The summed E-state index contributed by atoms with van der Waals surface area (Å²) >= 11 is 0. The molecule has 1 aliphatic carbocycles. The Morgan fingerprint density at radius 1 is 1.33 bits per heavy atom. The van der Waals surface area contributed by atoms with E-state index in [4.69, 9.17) is 4.52 Å². The molecule has 1 N–H and O–H groups in total. The highest BCUT2D eigenvalue weighted by molar-refractivity contribution is 5.92. The van der Waals surface area contributed by atoms with E-state index in [0.717, 1.165) is 25.0 Å². The van der Waals surface area contributed by atoms with E-state index in [-0.39, 0.29) is 17.9 Å². The lowest BCUT2D eigenvalue weighted by atomic mass is 9.88. The highest BCUT2D eigenvalue weighted by Gasteiger charge is 2.22. The standard InChI is InChI=1S/C17H20N2O2/c1-11(2)16-10-15(19-21-16)17(20)18-14-8-7-12-5-3-4-6-13(12)9-14/h3-6,10-11,14H,7-9H2,1-2H3,(H,18,20). The number of fused-ring (bicyclic) bond motifs is 1. The van der Waals surface area contributed by atoms with Gasteiger partial charge in [-0.1, -0.05) is 43.3 Å². The molecule has 1 aromatic carbocycles. The molecule has 0 bridgehead atoms. The molecule has 110 valence electrons. The van der Waals surface area contributed by atoms with Crippen molar-refractivity contribution in [2.45, 2.75) is 45.1 Å². The van der Waals surface area contributed by atoms with Crippen LogP contribution in [0.15, 0.2) is 34.9 Å². The van der Waals surface area contributed by atoms with Gasteiger partial charge in [-0.15, -0.1) is 0 Å². The highest BCUT2D eigenvalue weighted by atomic mass is 16.5. The summed E-state index contributed by atoms with van der Waals surface area (Å²) in [7, 11) is 0. The van der Waals surface area contributed by atoms with Crippen LogP contribution in [0.2, 0.25) is 0 Å². The van der Waals surface area contributed by atoms with Gasteiger partial charge in [0.25, 0.3) is 5.91 Å². The molecule has 0 aliphatic heterocycles. The lowest BCUT2D eigenvalue weighted by molar-refractivity contribution is 0.0924. The molecule has 1 heterocycles. The maximum absolute atomic E-state index is 12.2. The largest absolute Gasteiger partial charge is 0.360 e. The first kappa shape index (κ1) is 13.9. The smallest absolute Gasteiger partial charge is 0.273 e. The minimum Gasteiger partial charge on any atom is -0.360 e. The molecule has 1 atom stereocenters. The van der Waals surface area contributed by atoms with Crippen molar-refractivity contribution in [3.8, 4) is 0 Å². The van der Waals surface area contributed by atoms with Crippen molar-refractivity contribution in [3.63, 3.8) is 0 Å². The summed E-state index contributed by atoms with van der Waals surface area (Å²) in [6.45, 7) is 4.03. The van der Waals surface area contributed by atoms with E-state index in [2.05, 4.69) is 34.7 Å². The fourth-order valence-corrected chi connectivity index (χ4v) is 2.75. The van der Waals surface area contributed by atoms with Crippen LogP contribution in [0.5, 0.6) is 0 Å². The quantitative estimate of drug-likeness (QED) is 0.942. The summed E-state index contributed by atoms with van der Waals surface area (Å²) in [5, 5.41) is 6.93. The number of rotatable bonds is 3. The van der Waals surface area contributed by atoms with Crippen molar-refractivity contribution >= 4 is 5.91 Å². The minimum atomic E-state index is -0.143. The summed E-state index contributed by atoms with van der Waals surface area (Å²) < 4.78 is 5.18. The number of amides is 1. The van der Waals surface area contributed by atoms with Gasteiger partial charge in [0.2, 0.25) is 0 Å². The van der Waals surface area contributed by atoms with E-state index in [1.165, 1.54) is 11.1 Å². The van der Waals surface area contributed by atoms with Gasteiger partial charge in [-0.3, -0.25) is 4.79 Å². The molecule has 1 aliphatic rings. The Morgan fingerprint density at radius 2 is 2.10 bits per heavy atom. The van der Waals surface area contributed by atoms with Gasteiger partial charge in [0, 0.05) is 18.0 Å². The summed E-state index contributed by atoms with van der Waals surface area (Å²) in [6.07, 6.45) is 2.87. The summed E-state index contributed by atoms with van der Waals surface area (Å²) in [5.41, 5.74) is 3.10. The second-order valence-corrected chi connectivity index (χ2v) is 5.95. The van der Waals surface area contributed by atoms with E-state index in [9.17, 15) is 4.79 Å². The van der Waals surface area contributed by atoms with E-state index in [1.807, 2.05) is 13.8 Å². The van der Waals surface area contributed by atoms with Crippen molar-refractivity contribution in [2.75, 3.05) is 0 Å². The fourth-order valence-electron chi connectivity index (χ4n) is 2.75. The van der Waals surface area contributed by atoms with Crippen LogP contribution in [-0.4, -0.2) is 17.1 Å². The maximum atomic E-state index is 12.2. The SMILES string of the molecule is CC(C)c1cc(C(=O)NC2CCc3ccccc3C2)no1. The monoisotopic (exact) mass is 284 g/mol. The van der Waals surface area contributed by atoms with Gasteiger partial charge in [0.15, 0.2) is 5.69 Å². The first-order valence-corrected chi connectivity index (χ1v) is 7.47. The van der Waals surface area contributed by atoms with Crippen molar-refractivity contribution in [1.29, 1.82) is 0 Å². The van der Waals surface area contributed by atoms with Crippen molar-refractivity contribution in [3.05, 3.63) is 52.9 Å². The van der Waals surface area contributed by atoms with Crippen LogP contribution >= 0.6 is 0 Å². The Labute approximate surface area is 124 Å². The van der Waals surface area contributed by atoms with Crippen LogP contribution < -0.4 is 5.32 Å². The normalized spacial score (nSPS) is 17.6. The fraction of sp³-hybridized carbons (Fsp3) is 0.412. The molecule has 1 aromatic heterocycles. The molecule has 3 rings (SSSR count). The minimum absolute atomic E-state index is 0.143. The molecule has 4 heteroatoms. The van der Waals surface area contributed by atoms with Crippen LogP contribution in [0, 0.1) is 0 Å². The first-order chi connectivity index (χ1) is 10.1. The third kappa shape index (κ3) is 2.99. The maximum Gasteiger partial charge on any atom is 0.273 e. The van der Waals surface area contributed by atoms with Gasteiger partial charge in [0.05, 0.1) is 0 Å². The molecular formula is C17H20N2O2. The van der Waals surface area contributed by atoms with E-state index in [1.54, 1.807) is 6.07 Å². The van der Waals surface area contributed by atoms with Crippen LogP contribution in [0.4, 0.5) is 0 Å². The Balaban J connectivity index is 1.66. The van der Waals surface area contributed by atoms with Crippen molar-refractivity contribution in [2.24, 2.45) is 0 Å². The van der Waals surface area contributed by atoms with Gasteiger partial charge < -0.3 is 9.84 Å². The number of nitrogens with zero attached hydrogens (tertiary/aromatic N) is 1. The average molecular weight is 284 g/mol. The number of carbonyl (C=O) groups excluding carboxylic acids is 1. The topological polar surface area (TPSA) is 55.1 Å². The van der Waals surface area contributed by atoms with Crippen LogP contribution in [0.3, 0.4) is 0 Å². The number of benzene rings is 1. The molecule has 0 saturated heterocycles. The molecule has 0 saturated carbocycles. The lowest BCUT2D eigenvalue weighted by Gasteiger charge is -2.25. The van der Waals surface area contributed by atoms with E-state index < -0.39 is 0 Å². The molecule has 21 heavy (non-hydrogen) atoms. The van der Waals surface area contributed by atoms with Gasteiger partial charge in [-0.2, -0.15) is 0 Å². The van der Waals surface area contributed by atoms with Gasteiger partial charge in [-0.25, -0.2) is 0 Å². The zero-order valence-electron chi connectivity index (χ0n) is 12.4. The third-order valence-corrected chi connectivity index (χ3v) is 4.01. The third-order valence-electron chi connectivity index (χ3n) is 4.01. The Morgan fingerprint density at radius 3 is 2.81 bits per heavy atom. The number of aromatic nitrogens is 1. The first-order valence-electron chi connectivity index (χ1n) is 7.47. The molecule has 4 nitrogen and oxygen atoms in total. The van der Waals surface area contributed by atoms with E-state index >= 15 is 0 Å². The zero-order valence-corrected chi connectivity index (χ0v) is 12.4. The Bertz CT molecular complexity index is 646. The predicted octanol–water partition coefficient (Wildman–Crippen LogP) is 3.09. The van der Waals surface area contributed by atoms with Gasteiger partial charge in [-0.05, 0) is 30.4 Å². The number of hydrogen-bond acceptors (Lipinski definition) is 3. The van der Waals surface area contributed by atoms with Crippen molar-refractivity contribution < 1.29 is 9.32 Å². The lowest BCUT2D eigenvalue weighted by Crippen LogP contribution is -2.38. The Hall–Kier alpha value is -2.10. The summed E-state index contributed by atoms with van der Waals surface area (Å²) in [4.78, 5) is 12.2. The second-order valence-electron chi connectivity index (χ2n) is 5.95. The van der Waals surface area contributed by atoms with Crippen molar-refractivity contribution in [1.82, 2.24) is 10.5 Å². The molecular weight excluding hydrogens is 264 g/mol. The molecule has 0 radical (unpaired) electrons. The van der Waals surface area contributed by atoms with Gasteiger partial charge in [0.1, 0.15) is 5.76 Å². The van der Waals surface area contributed by atoms with Gasteiger partial charge >= 0.3 is 0 Å². The number of carbonyl (C=O) groups is 1. The summed E-state index contributed by atoms with van der Waals surface area (Å²) in [5.74, 6) is 0.838. The second kappa shape index (κ2) is 5.72. The molecule has 1 unspecified atom stereocenters. The van der Waals surface area contributed by atoms with Crippen LogP contribution in [-0.2, 0) is 12.8 Å². The molecule has 1 amide bonds. The molecule has 0 fully saturated rings. The highest BCUT2D eigenvalue weighted by Crippen LogP contribution is 2.21. The molecule has 0 spiro atoms. The number of aryl methyl sites for hydroxylation is 1. The zero-order chi connectivity index (χ0) is 14.8. The van der Waals surface area contributed by atoms with Crippen LogP contribution in [0.25, 0.3) is 0 Å².